The fraction of sp³-hybridized carbons (Fsp3) is 0.250. The molecule has 0 bridgehead atoms. The zero-order valence-electron chi connectivity index (χ0n) is 11.9. The van der Waals surface area contributed by atoms with Gasteiger partial charge in [-0.1, -0.05) is 37.6 Å². The van der Waals surface area contributed by atoms with E-state index in [1.165, 1.54) is 0 Å². The van der Waals surface area contributed by atoms with E-state index in [9.17, 15) is 9.90 Å². The number of nitrogens with zero attached hydrogens (tertiary/aromatic N) is 1. The highest BCUT2D eigenvalue weighted by atomic mass is 35.5. The first-order chi connectivity index (χ1) is 9.95. The lowest BCUT2D eigenvalue weighted by atomic mass is 10.1. The van der Waals surface area contributed by atoms with Crippen LogP contribution < -0.4 is 5.32 Å². The quantitative estimate of drug-likeness (QED) is 0.850. The highest BCUT2D eigenvalue weighted by molar-refractivity contribution is 6.29. The van der Waals surface area contributed by atoms with Gasteiger partial charge in [-0.2, -0.15) is 0 Å². The van der Waals surface area contributed by atoms with Crippen molar-refractivity contribution in [2.24, 2.45) is 0 Å². The molecule has 0 radical (unpaired) electrons. The van der Waals surface area contributed by atoms with E-state index < -0.39 is 0 Å². The van der Waals surface area contributed by atoms with Crippen LogP contribution in [0, 0.1) is 0 Å². The SMILES string of the molecule is CC(C)c1cc(C(=O)NCc2ccc(O)cc2)cc(Cl)n1. The van der Waals surface area contributed by atoms with Gasteiger partial charge in [0, 0.05) is 17.8 Å². The van der Waals surface area contributed by atoms with E-state index in [2.05, 4.69) is 10.3 Å². The van der Waals surface area contributed by atoms with Crippen molar-refractivity contribution in [2.45, 2.75) is 26.3 Å². The third-order valence-electron chi connectivity index (χ3n) is 3.06. The minimum absolute atomic E-state index is 0.200. The normalized spacial score (nSPS) is 10.7. The Kier molecular flexibility index (Phi) is 4.81. The smallest absolute Gasteiger partial charge is 0.251 e. The summed E-state index contributed by atoms with van der Waals surface area (Å²) in [6, 6.07) is 10.00. The molecule has 2 rings (SSSR count). The third-order valence-corrected chi connectivity index (χ3v) is 3.25. The molecule has 110 valence electrons. The van der Waals surface area contributed by atoms with Gasteiger partial charge in [-0.3, -0.25) is 4.79 Å². The number of pyridine rings is 1. The summed E-state index contributed by atoms with van der Waals surface area (Å²) < 4.78 is 0. The van der Waals surface area contributed by atoms with Crippen LogP contribution in [0.2, 0.25) is 5.15 Å². The summed E-state index contributed by atoms with van der Waals surface area (Å²) >= 11 is 5.95. The number of aromatic hydroxyl groups is 1. The predicted molar refractivity (Wildman–Crippen MR) is 82.6 cm³/mol. The van der Waals surface area contributed by atoms with Crippen LogP contribution in [0.25, 0.3) is 0 Å². The maximum atomic E-state index is 12.2. The Labute approximate surface area is 128 Å². The lowest BCUT2D eigenvalue weighted by molar-refractivity contribution is 0.0950. The lowest BCUT2D eigenvalue weighted by Gasteiger charge is -2.09. The second-order valence-corrected chi connectivity index (χ2v) is 5.49. The highest BCUT2D eigenvalue weighted by Crippen LogP contribution is 2.18. The molecule has 0 fully saturated rings. The summed E-state index contributed by atoms with van der Waals surface area (Å²) in [6.07, 6.45) is 0. The van der Waals surface area contributed by atoms with Gasteiger partial charge >= 0.3 is 0 Å². The fourth-order valence-corrected chi connectivity index (χ4v) is 2.06. The lowest BCUT2D eigenvalue weighted by Crippen LogP contribution is -2.23. The minimum atomic E-state index is -0.200. The molecule has 0 aliphatic carbocycles. The van der Waals surface area contributed by atoms with Crippen LogP contribution in [0.4, 0.5) is 0 Å². The second-order valence-electron chi connectivity index (χ2n) is 5.11. The van der Waals surface area contributed by atoms with E-state index in [0.717, 1.165) is 11.3 Å². The van der Waals surface area contributed by atoms with E-state index in [1.807, 2.05) is 13.8 Å². The molecule has 0 saturated carbocycles. The average molecular weight is 305 g/mol. The molecule has 0 aliphatic rings. The Balaban J connectivity index is 2.08. The molecule has 1 amide bonds. The van der Waals surface area contributed by atoms with Gasteiger partial charge in [-0.25, -0.2) is 4.98 Å². The number of halogens is 1. The number of phenols is 1. The highest BCUT2D eigenvalue weighted by Gasteiger charge is 2.11. The minimum Gasteiger partial charge on any atom is -0.508 e. The monoisotopic (exact) mass is 304 g/mol. The summed E-state index contributed by atoms with van der Waals surface area (Å²) in [4.78, 5) is 16.4. The number of aromatic nitrogens is 1. The molecule has 4 nitrogen and oxygen atoms in total. The molecule has 2 N–H and O–H groups in total. The number of carbonyl (C=O) groups excluding carboxylic acids is 1. The second kappa shape index (κ2) is 6.59. The Bertz CT molecular complexity index is 639. The van der Waals surface area contributed by atoms with Crippen LogP contribution in [0.5, 0.6) is 5.75 Å². The largest absolute Gasteiger partial charge is 0.508 e. The number of hydrogen-bond donors (Lipinski definition) is 2. The maximum Gasteiger partial charge on any atom is 0.251 e. The van der Waals surface area contributed by atoms with Gasteiger partial charge in [-0.05, 0) is 35.7 Å². The van der Waals surface area contributed by atoms with Gasteiger partial charge in [0.15, 0.2) is 0 Å². The van der Waals surface area contributed by atoms with Crippen LogP contribution in [0.1, 0.15) is 41.4 Å². The molecule has 1 heterocycles. The van der Waals surface area contributed by atoms with E-state index in [1.54, 1.807) is 36.4 Å². The number of phenolic OH excluding ortho intramolecular Hbond substituents is 1. The molecule has 5 heteroatoms. The van der Waals surface area contributed by atoms with E-state index in [-0.39, 0.29) is 17.6 Å². The number of hydrogen-bond acceptors (Lipinski definition) is 3. The van der Waals surface area contributed by atoms with Crippen molar-refractivity contribution < 1.29 is 9.90 Å². The first-order valence-corrected chi connectivity index (χ1v) is 7.07. The molecule has 21 heavy (non-hydrogen) atoms. The van der Waals surface area contributed by atoms with Crippen LogP contribution in [0.3, 0.4) is 0 Å². The van der Waals surface area contributed by atoms with Crippen molar-refractivity contribution in [1.82, 2.24) is 10.3 Å². The van der Waals surface area contributed by atoms with Gasteiger partial charge in [-0.15, -0.1) is 0 Å². The summed E-state index contributed by atoms with van der Waals surface area (Å²) in [7, 11) is 0. The van der Waals surface area contributed by atoms with Crippen LogP contribution in [-0.4, -0.2) is 16.0 Å². The maximum absolute atomic E-state index is 12.2. The van der Waals surface area contributed by atoms with Crippen LogP contribution in [0.15, 0.2) is 36.4 Å². The number of rotatable bonds is 4. The van der Waals surface area contributed by atoms with Crippen molar-refractivity contribution in [1.29, 1.82) is 0 Å². The summed E-state index contributed by atoms with van der Waals surface area (Å²) in [5, 5.41) is 12.4. The Hall–Kier alpha value is -2.07. The van der Waals surface area contributed by atoms with E-state index in [4.69, 9.17) is 11.6 Å². The number of amides is 1. The number of nitrogens with one attached hydrogen (secondary N) is 1. The Morgan fingerprint density at radius 3 is 2.57 bits per heavy atom. The van der Waals surface area contributed by atoms with Crippen molar-refractivity contribution >= 4 is 17.5 Å². The molecular weight excluding hydrogens is 288 g/mol. The van der Waals surface area contributed by atoms with Crippen molar-refractivity contribution in [3.05, 3.63) is 58.4 Å². The van der Waals surface area contributed by atoms with Gasteiger partial charge in [0.05, 0.1) is 0 Å². The number of benzene rings is 1. The standard InChI is InChI=1S/C16H17ClN2O2/c1-10(2)14-7-12(8-15(17)19-14)16(21)18-9-11-3-5-13(20)6-4-11/h3-8,10,20H,9H2,1-2H3,(H,18,21). The van der Waals surface area contributed by atoms with Crippen molar-refractivity contribution in [2.75, 3.05) is 0 Å². The topological polar surface area (TPSA) is 62.2 Å². The summed E-state index contributed by atoms with van der Waals surface area (Å²) in [6.45, 7) is 4.38. The van der Waals surface area contributed by atoms with E-state index >= 15 is 0 Å². The fourth-order valence-electron chi connectivity index (χ4n) is 1.84. The van der Waals surface area contributed by atoms with Crippen molar-refractivity contribution in [3.8, 4) is 5.75 Å². The number of carbonyl (C=O) groups is 1. The molecule has 1 aromatic carbocycles. The van der Waals surface area contributed by atoms with Gasteiger partial charge in [0.25, 0.3) is 5.91 Å². The molecule has 0 unspecified atom stereocenters. The first-order valence-electron chi connectivity index (χ1n) is 6.69. The average Bonchev–Trinajstić information content (AvgIpc) is 2.45. The molecule has 1 aromatic heterocycles. The van der Waals surface area contributed by atoms with Gasteiger partial charge < -0.3 is 10.4 Å². The molecule has 0 spiro atoms. The predicted octanol–water partition coefficient (Wildman–Crippen LogP) is 3.49. The van der Waals surface area contributed by atoms with Crippen molar-refractivity contribution in [3.63, 3.8) is 0 Å². The summed E-state index contributed by atoms with van der Waals surface area (Å²) in [5.41, 5.74) is 2.19. The molecule has 0 aliphatic heterocycles. The summed E-state index contributed by atoms with van der Waals surface area (Å²) in [5.74, 6) is 0.203. The zero-order valence-corrected chi connectivity index (χ0v) is 12.7. The van der Waals surface area contributed by atoms with Gasteiger partial charge in [0.2, 0.25) is 0 Å². The third kappa shape index (κ3) is 4.20. The van der Waals surface area contributed by atoms with Crippen LogP contribution in [-0.2, 0) is 6.54 Å². The Morgan fingerprint density at radius 1 is 1.29 bits per heavy atom. The molecule has 0 saturated heterocycles. The van der Waals surface area contributed by atoms with Gasteiger partial charge in [0.1, 0.15) is 10.9 Å². The van der Waals surface area contributed by atoms with E-state index in [0.29, 0.717) is 17.3 Å². The molecular formula is C16H17ClN2O2. The Morgan fingerprint density at radius 2 is 1.95 bits per heavy atom. The zero-order chi connectivity index (χ0) is 15.4. The van der Waals surface area contributed by atoms with Crippen LogP contribution >= 0.6 is 11.6 Å². The molecule has 0 atom stereocenters. The first kappa shape index (κ1) is 15.3. The molecule has 2 aromatic rings.